The Morgan fingerprint density at radius 3 is 2.39 bits per heavy atom. The molecule has 2 rings (SSSR count). The van der Waals surface area contributed by atoms with Crippen molar-refractivity contribution in [1.29, 1.82) is 0 Å². The Balaban J connectivity index is 1.99. The van der Waals surface area contributed by atoms with Crippen molar-refractivity contribution < 1.29 is 13.2 Å². The average molecular weight is 326 g/mol. The molecule has 0 radical (unpaired) electrons. The van der Waals surface area contributed by atoms with Crippen LogP contribution in [0.5, 0.6) is 0 Å². The van der Waals surface area contributed by atoms with E-state index in [-0.39, 0.29) is 13.0 Å². The summed E-state index contributed by atoms with van der Waals surface area (Å²) in [4.78, 5) is 3.83. The van der Waals surface area contributed by atoms with Crippen LogP contribution >= 0.6 is 0 Å². The Labute approximate surface area is 133 Å². The van der Waals surface area contributed by atoms with E-state index in [2.05, 4.69) is 15.4 Å². The van der Waals surface area contributed by atoms with Crippen molar-refractivity contribution in [2.45, 2.75) is 38.9 Å². The summed E-state index contributed by atoms with van der Waals surface area (Å²) in [5.41, 5.74) is 3.47. The van der Waals surface area contributed by atoms with Crippen molar-refractivity contribution in [2.75, 3.05) is 6.54 Å². The van der Waals surface area contributed by atoms with Gasteiger partial charge in [0.25, 0.3) is 0 Å². The van der Waals surface area contributed by atoms with Gasteiger partial charge in [-0.3, -0.25) is 9.67 Å². The van der Waals surface area contributed by atoms with E-state index in [1.807, 2.05) is 20.9 Å². The summed E-state index contributed by atoms with van der Waals surface area (Å²) in [5, 5.41) is 6.92. The summed E-state index contributed by atoms with van der Waals surface area (Å²) in [7, 11) is 1.83. The smallest absolute Gasteiger partial charge is 0.306 e. The molecule has 1 N–H and O–H groups in total. The van der Waals surface area contributed by atoms with Crippen molar-refractivity contribution in [3.05, 3.63) is 47.0 Å². The van der Waals surface area contributed by atoms with Gasteiger partial charge >= 0.3 is 6.18 Å². The van der Waals surface area contributed by atoms with Crippen molar-refractivity contribution in [3.8, 4) is 0 Å². The van der Waals surface area contributed by atoms with Gasteiger partial charge in [0.1, 0.15) is 6.04 Å². The quantitative estimate of drug-likeness (QED) is 0.888. The molecule has 1 atom stereocenters. The molecular formula is C16H21F3N4. The maximum atomic E-state index is 13.2. The topological polar surface area (TPSA) is 42.7 Å². The number of nitrogens with one attached hydrogen (secondary N) is 1. The van der Waals surface area contributed by atoms with Gasteiger partial charge in [0.05, 0.1) is 5.69 Å². The zero-order valence-corrected chi connectivity index (χ0v) is 13.5. The third kappa shape index (κ3) is 4.54. The number of hydrogen-bond donors (Lipinski definition) is 1. The molecule has 2 aromatic heterocycles. The number of aryl methyl sites for hydroxylation is 2. The van der Waals surface area contributed by atoms with Gasteiger partial charge in [0.2, 0.25) is 0 Å². The van der Waals surface area contributed by atoms with Crippen LogP contribution in [0.4, 0.5) is 13.2 Å². The zero-order chi connectivity index (χ0) is 17.0. The molecule has 0 unspecified atom stereocenters. The predicted octanol–water partition coefficient (Wildman–Crippen LogP) is 2.74. The summed E-state index contributed by atoms with van der Waals surface area (Å²) in [5.74, 6) is 0. The van der Waals surface area contributed by atoms with Crippen LogP contribution in [0.1, 0.15) is 22.5 Å². The second kappa shape index (κ2) is 7.12. The predicted molar refractivity (Wildman–Crippen MR) is 82.2 cm³/mol. The van der Waals surface area contributed by atoms with Crippen molar-refractivity contribution in [1.82, 2.24) is 20.1 Å². The minimum Gasteiger partial charge on any atom is -0.306 e. The monoisotopic (exact) mass is 326 g/mol. The largest absolute Gasteiger partial charge is 0.404 e. The van der Waals surface area contributed by atoms with Crippen LogP contribution in [-0.2, 0) is 19.9 Å². The Bertz CT molecular complexity index is 635. The van der Waals surface area contributed by atoms with Gasteiger partial charge < -0.3 is 5.32 Å². The lowest BCUT2D eigenvalue weighted by Gasteiger charge is -2.22. The van der Waals surface area contributed by atoms with Gasteiger partial charge in [-0.2, -0.15) is 18.3 Å². The minimum atomic E-state index is -4.29. The molecular weight excluding hydrogens is 305 g/mol. The highest BCUT2D eigenvalue weighted by Gasteiger charge is 2.39. The van der Waals surface area contributed by atoms with Crippen LogP contribution < -0.4 is 5.32 Å². The standard InChI is InChI=1S/C16H21F3N4/c1-11-14(12(2)23(3)22-11)6-9-21-15(16(17,18)19)10-13-4-7-20-8-5-13/h4-5,7-8,15,21H,6,9-10H2,1-3H3/t15-/m1/s1. The summed E-state index contributed by atoms with van der Waals surface area (Å²) < 4.78 is 41.4. The first-order valence-electron chi connectivity index (χ1n) is 7.47. The van der Waals surface area contributed by atoms with E-state index in [4.69, 9.17) is 0 Å². The molecule has 2 heterocycles. The van der Waals surface area contributed by atoms with E-state index in [9.17, 15) is 13.2 Å². The first kappa shape index (κ1) is 17.5. The molecule has 2 aromatic rings. The zero-order valence-electron chi connectivity index (χ0n) is 13.5. The van der Waals surface area contributed by atoms with Gasteiger partial charge in [0, 0.05) is 25.1 Å². The van der Waals surface area contributed by atoms with Gasteiger partial charge in [-0.05, 0) is 56.5 Å². The van der Waals surface area contributed by atoms with Crippen LogP contribution in [0.2, 0.25) is 0 Å². The molecule has 0 amide bonds. The Hall–Kier alpha value is -1.89. The third-order valence-electron chi connectivity index (χ3n) is 4.01. The van der Waals surface area contributed by atoms with E-state index in [0.717, 1.165) is 17.0 Å². The van der Waals surface area contributed by atoms with E-state index >= 15 is 0 Å². The number of alkyl halides is 3. The molecule has 0 spiro atoms. The Kier molecular flexibility index (Phi) is 5.41. The molecule has 0 aliphatic rings. The molecule has 126 valence electrons. The lowest BCUT2D eigenvalue weighted by atomic mass is 10.1. The van der Waals surface area contributed by atoms with E-state index < -0.39 is 12.2 Å². The molecule has 0 fully saturated rings. The average Bonchev–Trinajstić information content (AvgIpc) is 2.72. The number of aromatic nitrogens is 3. The number of halogens is 3. The van der Waals surface area contributed by atoms with Crippen molar-refractivity contribution in [3.63, 3.8) is 0 Å². The number of pyridine rings is 1. The second-order valence-corrected chi connectivity index (χ2v) is 5.63. The lowest BCUT2D eigenvalue weighted by Crippen LogP contribution is -2.44. The Morgan fingerprint density at radius 1 is 1.22 bits per heavy atom. The molecule has 0 saturated heterocycles. The first-order valence-corrected chi connectivity index (χ1v) is 7.47. The molecule has 0 bridgehead atoms. The minimum absolute atomic E-state index is 0.100. The second-order valence-electron chi connectivity index (χ2n) is 5.63. The summed E-state index contributed by atoms with van der Waals surface area (Å²) in [6.07, 6.45) is -0.857. The molecule has 23 heavy (non-hydrogen) atoms. The normalized spacial score (nSPS) is 13.3. The summed E-state index contributed by atoms with van der Waals surface area (Å²) in [6, 6.07) is 1.65. The van der Waals surface area contributed by atoms with Crippen molar-refractivity contribution >= 4 is 0 Å². The van der Waals surface area contributed by atoms with E-state index in [1.54, 1.807) is 16.8 Å². The highest BCUT2D eigenvalue weighted by atomic mass is 19.4. The molecule has 0 aliphatic carbocycles. The van der Waals surface area contributed by atoms with Crippen LogP contribution in [0, 0.1) is 13.8 Å². The first-order chi connectivity index (χ1) is 10.8. The van der Waals surface area contributed by atoms with Crippen LogP contribution in [0.15, 0.2) is 24.5 Å². The molecule has 7 heteroatoms. The van der Waals surface area contributed by atoms with Gasteiger partial charge in [-0.1, -0.05) is 0 Å². The fourth-order valence-corrected chi connectivity index (χ4v) is 2.61. The van der Waals surface area contributed by atoms with Crippen LogP contribution in [0.25, 0.3) is 0 Å². The summed E-state index contributed by atoms with van der Waals surface area (Å²) >= 11 is 0. The summed E-state index contributed by atoms with van der Waals surface area (Å²) in [6.45, 7) is 4.05. The highest BCUT2D eigenvalue weighted by Crippen LogP contribution is 2.23. The lowest BCUT2D eigenvalue weighted by molar-refractivity contribution is -0.155. The fraction of sp³-hybridized carbons (Fsp3) is 0.500. The van der Waals surface area contributed by atoms with Gasteiger partial charge in [-0.15, -0.1) is 0 Å². The maximum Gasteiger partial charge on any atom is 0.404 e. The fourth-order valence-electron chi connectivity index (χ4n) is 2.61. The van der Waals surface area contributed by atoms with Gasteiger partial charge in [-0.25, -0.2) is 0 Å². The SMILES string of the molecule is Cc1nn(C)c(C)c1CCN[C@H](Cc1ccncc1)C(F)(F)F. The molecule has 0 saturated carbocycles. The molecule has 0 aromatic carbocycles. The van der Waals surface area contributed by atoms with E-state index in [0.29, 0.717) is 12.0 Å². The van der Waals surface area contributed by atoms with Crippen LogP contribution in [-0.4, -0.2) is 33.5 Å². The third-order valence-corrected chi connectivity index (χ3v) is 4.01. The Morgan fingerprint density at radius 2 is 1.87 bits per heavy atom. The van der Waals surface area contributed by atoms with Gasteiger partial charge in [0.15, 0.2) is 0 Å². The molecule has 0 aliphatic heterocycles. The highest BCUT2D eigenvalue weighted by molar-refractivity contribution is 5.24. The van der Waals surface area contributed by atoms with E-state index in [1.165, 1.54) is 12.4 Å². The molecule has 4 nitrogen and oxygen atoms in total. The number of nitrogens with zero attached hydrogens (tertiary/aromatic N) is 3. The maximum absolute atomic E-state index is 13.2. The van der Waals surface area contributed by atoms with Crippen LogP contribution in [0.3, 0.4) is 0 Å². The number of hydrogen-bond acceptors (Lipinski definition) is 3. The van der Waals surface area contributed by atoms with Crippen molar-refractivity contribution in [2.24, 2.45) is 7.05 Å². The number of rotatable bonds is 6.